The number of rotatable bonds is 2. The first kappa shape index (κ1) is 12.2. The van der Waals surface area contributed by atoms with Gasteiger partial charge in [0, 0.05) is 0 Å². The molecule has 0 N–H and O–H groups in total. The normalized spacial score (nSPS) is 13.8. The van der Waals surface area contributed by atoms with Crippen molar-refractivity contribution in [1.29, 1.82) is 5.26 Å². The smallest absolute Gasteiger partial charge is 0.278 e. The minimum atomic E-state index is -0.960. The SMILES string of the molecule is CC(C)(C#N)c1cc2c(cc1[N+](=O)[O-])OCCO2. The summed E-state index contributed by atoms with van der Waals surface area (Å²) in [5.74, 6) is 0.801. The van der Waals surface area contributed by atoms with E-state index < -0.39 is 10.3 Å². The van der Waals surface area contributed by atoms with Crippen molar-refractivity contribution < 1.29 is 14.4 Å². The largest absolute Gasteiger partial charge is 0.486 e. The molecule has 1 aromatic carbocycles. The van der Waals surface area contributed by atoms with Crippen LogP contribution in [-0.4, -0.2) is 18.1 Å². The Hall–Kier alpha value is -2.29. The van der Waals surface area contributed by atoms with E-state index in [9.17, 15) is 10.1 Å². The van der Waals surface area contributed by atoms with Crippen LogP contribution < -0.4 is 9.47 Å². The summed E-state index contributed by atoms with van der Waals surface area (Å²) in [5.41, 5.74) is -0.747. The van der Waals surface area contributed by atoms with E-state index in [4.69, 9.17) is 14.7 Å². The van der Waals surface area contributed by atoms with E-state index in [2.05, 4.69) is 6.07 Å². The van der Waals surface area contributed by atoms with Crippen molar-refractivity contribution in [3.8, 4) is 17.6 Å². The standard InChI is InChI=1S/C12H12N2O4/c1-12(2,7-13)8-5-10-11(18-4-3-17-10)6-9(8)14(15)16/h5-6H,3-4H2,1-2H3. The predicted molar refractivity (Wildman–Crippen MR) is 62.7 cm³/mol. The number of benzene rings is 1. The van der Waals surface area contributed by atoms with Crippen LogP contribution in [0, 0.1) is 21.4 Å². The lowest BCUT2D eigenvalue weighted by atomic mass is 9.85. The van der Waals surface area contributed by atoms with E-state index in [1.807, 2.05) is 0 Å². The Morgan fingerprint density at radius 2 is 1.89 bits per heavy atom. The van der Waals surface area contributed by atoms with Gasteiger partial charge in [0.2, 0.25) is 0 Å². The lowest BCUT2D eigenvalue weighted by Gasteiger charge is -2.22. The molecule has 0 aromatic heterocycles. The van der Waals surface area contributed by atoms with Gasteiger partial charge in [-0.15, -0.1) is 0 Å². The van der Waals surface area contributed by atoms with Gasteiger partial charge in [0.25, 0.3) is 5.69 Å². The lowest BCUT2D eigenvalue weighted by molar-refractivity contribution is -0.386. The third kappa shape index (κ3) is 1.95. The monoisotopic (exact) mass is 248 g/mol. The predicted octanol–water partition coefficient (Wildman–Crippen LogP) is 2.17. The molecule has 6 nitrogen and oxygen atoms in total. The summed E-state index contributed by atoms with van der Waals surface area (Å²) in [6.07, 6.45) is 0. The average Bonchev–Trinajstić information content (AvgIpc) is 2.37. The molecule has 6 heteroatoms. The number of hydrogen-bond acceptors (Lipinski definition) is 5. The van der Waals surface area contributed by atoms with Crippen LogP contribution in [0.3, 0.4) is 0 Å². The van der Waals surface area contributed by atoms with Crippen molar-refractivity contribution in [2.24, 2.45) is 0 Å². The molecule has 0 aliphatic carbocycles. The van der Waals surface area contributed by atoms with Crippen LogP contribution in [0.15, 0.2) is 12.1 Å². The van der Waals surface area contributed by atoms with E-state index in [1.165, 1.54) is 12.1 Å². The van der Waals surface area contributed by atoms with Gasteiger partial charge in [-0.1, -0.05) is 0 Å². The molecule has 0 unspecified atom stereocenters. The maximum atomic E-state index is 11.1. The minimum Gasteiger partial charge on any atom is -0.486 e. The van der Waals surface area contributed by atoms with Gasteiger partial charge in [-0.25, -0.2) is 0 Å². The zero-order valence-electron chi connectivity index (χ0n) is 10.1. The molecular weight excluding hydrogens is 236 g/mol. The number of nitriles is 1. The van der Waals surface area contributed by atoms with Gasteiger partial charge in [0.05, 0.1) is 28.0 Å². The Kier molecular flexibility index (Phi) is 2.83. The number of hydrogen-bond donors (Lipinski definition) is 0. The summed E-state index contributed by atoms with van der Waals surface area (Å²) < 4.78 is 10.7. The fraction of sp³-hybridized carbons (Fsp3) is 0.417. The van der Waals surface area contributed by atoms with Crippen LogP contribution in [0.4, 0.5) is 5.69 Å². The van der Waals surface area contributed by atoms with Gasteiger partial charge in [-0.05, 0) is 19.9 Å². The minimum absolute atomic E-state index is 0.120. The third-order valence-corrected chi connectivity index (χ3v) is 2.81. The Morgan fingerprint density at radius 3 is 2.39 bits per heavy atom. The van der Waals surface area contributed by atoms with Crippen molar-refractivity contribution >= 4 is 5.69 Å². The fourth-order valence-electron chi connectivity index (χ4n) is 1.79. The second-order valence-electron chi connectivity index (χ2n) is 4.51. The number of nitrogens with zero attached hydrogens (tertiary/aromatic N) is 2. The van der Waals surface area contributed by atoms with Crippen LogP contribution in [0.1, 0.15) is 19.4 Å². The number of ether oxygens (including phenoxy) is 2. The summed E-state index contributed by atoms with van der Waals surface area (Å²) in [6, 6.07) is 4.90. The second-order valence-corrected chi connectivity index (χ2v) is 4.51. The summed E-state index contributed by atoms with van der Waals surface area (Å²) in [4.78, 5) is 10.6. The average molecular weight is 248 g/mol. The first-order chi connectivity index (χ1) is 8.45. The Bertz CT molecular complexity index is 546. The third-order valence-electron chi connectivity index (χ3n) is 2.81. The molecule has 0 spiro atoms. The summed E-state index contributed by atoms with van der Waals surface area (Å²) in [7, 11) is 0. The molecule has 1 heterocycles. The zero-order chi connectivity index (χ0) is 13.3. The molecule has 1 aliphatic rings. The number of nitro benzene ring substituents is 1. The van der Waals surface area contributed by atoms with Crippen molar-refractivity contribution in [3.63, 3.8) is 0 Å². The Labute approximate surface area is 104 Å². The molecule has 0 fully saturated rings. The van der Waals surface area contributed by atoms with Gasteiger partial charge in [-0.3, -0.25) is 10.1 Å². The molecular formula is C12H12N2O4. The molecule has 2 rings (SSSR count). The topological polar surface area (TPSA) is 85.4 Å². The highest BCUT2D eigenvalue weighted by atomic mass is 16.6. The van der Waals surface area contributed by atoms with E-state index in [0.717, 1.165) is 0 Å². The van der Waals surface area contributed by atoms with E-state index in [1.54, 1.807) is 13.8 Å². The molecule has 0 radical (unpaired) electrons. The maximum absolute atomic E-state index is 11.1. The fourth-order valence-corrected chi connectivity index (χ4v) is 1.79. The van der Waals surface area contributed by atoms with Crippen molar-refractivity contribution in [3.05, 3.63) is 27.8 Å². The quantitative estimate of drug-likeness (QED) is 0.591. The van der Waals surface area contributed by atoms with Crippen molar-refractivity contribution in [2.45, 2.75) is 19.3 Å². The van der Waals surface area contributed by atoms with Gasteiger partial charge in [0.1, 0.15) is 13.2 Å². The molecule has 94 valence electrons. The van der Waals surface area contributed by atoms with Gasteiger partial charge < -0.3 is 9.47 Å². The van der Waals surface area contributed by atoms with E-state index in [-0.39, 0.29) is 5.69 Å². The zero-order valence-corrected chi connectivity index (χ0v) is 10.1. The van der Waals surface area contributed by atoms with Crippen LogP contribution in [0.5, 0.6) is 11.5 Å². The molecule has 0 amide bonds. The molecule has 0 atom stereocenters. The molecule has 0 saturated heterocycles. The Balaban J connectivity index is 2.64. The van der Waals surface area contributed by atoms with E-state index in [0.29, 0.717) is 30.3 Å². The van der Waals surface area contributed by atoms with Crippen LogP contribution >= 0.6 is 0 Å². The van der Waals surface area contributed by atoms with Gasteiger partial charge in [0.15, 0.2) is 11.5 Å². The number of fused-ring (bicyclic) bond motifs is 1. The lowest BCUT2D eigenvalue weighted by Crippen LogP contribution is -2.20. The molecule has 0 saturated carbocycles. The van der Waals surface area contributed by atoms with Crippen molar-refractivity contribution in [1.82, 2.24) is 0 Å². The van der Waals surface area contributed by atoms with E-state index >= 15 is 0 Å². The second kappa shape index (κ2) is 4.18. The van der Waals surface area contributed by atoms with Crippen LogP contribution in [-0.2, 0) is 5.41 Å². The maximum Gasteiger partial charge on any atom is 0.278 e. The highest BCUT2D eigenvalue weighted by Crippen LogP contribution is 2.41. The molecule has 1 aliphatic heterocycles. The first-order valence-corrected chi connectivity index (χ1v) is 5.45. The highest BCUT2D eigenvalue weighted by Gasteiger charge is 2.32. The summed E-state index contributed by atoms with van der Waals surface area (Å²) in [5, 5.41) is 20.2. The van der Waals surface area contributed by atoms with Gasteiger partial charge in [-0.2, -0.15) is 5.26 Å². The number of nitro groups is 1. The molecule has 0 bridgehead atoms. The summed E-state index contributed by atoms with van der Waals surface area (Å²) in [6.45, 7) is 4.03. The van der Waals surface area contributed by atoms with Crippen molar-refractivity contribution in [2.75, 3.05) is 13.2 Å². The summed E-state index contributed by atoms with van der Waals surface area (Å²) >= 11 is 0. The van der Waals surface area contributed by atoms with Crippen LogP contribution in [0.25, 0.3) is 0 Å². The Morgan fingerprint density at radius 1 is 1.33 bits per heavy atom. The molecule has 18 heavy (non-hydrogen) atoms. The van der Waals surface area contributed by atoms with Gasteiger partial charge >= 0.3 is 0 Å². The highest BCUT2D eigenvalue weighted by molar-refractivity contribution is 5.58. The molecule has 1 aromatic rings. The first-order valence-electron chi connectivity index (χ1n) is 5.45. The van der Waals surface area contributed by atoms with Crippen LogP contribution in [0.2, 0.25) is 0 Å².